The van der Waals surface area contributed by atoms with Gasteiger partial charge in [-0.1, -0.05) is 109 Å². The van der Waals surface area contributed by atoms with Crippen LogP contribution in [-0.2, 0) is 5.41 Å². The minimum absolute atomic E-state index is 0.264. The van der Waals surface area contributed by atoms with Crippen molar-refractivity contribution >= 4 is 23.8 Å². The third kappa shape index (κ3) is 3.20. The average Bonchev–Trinajstić information content (AvgIpc) is 3.46. The molecule has 0 N–H and O–H groups in total. The minimum Gasteiger partial charge on any atom is -0.207 e. The van der Waals surface area contributed by atoms with Crippen molar-refractivity contribution in [2.75, 3.05) is 0 Å². The largest absolute Gasteiger partial charge is 0.207 e. The first-order valence-electron chi connectivity index (χ1n) is 13.4. The molecule has 3 heteroatoms. The molecule has 0 unspecified atom stereocenters. The van der Waals surface area contributed by atoms with Crippen molar-refractivity contribution in [2.24, 2.45) is 0 Å². The van der Waals surface area contributed by atoms with Crippen LogP contribution in [0, 0.1) is 11.6 Å². The summed E-state index contributed by atoms with van der Waals surface area (Å²) < 4.78 is 28.0. The van der Waals surface area contributed by atoms with Crippen molar-refractivity contribution in [3.63, 3.8) is 0 Å². The van der Waals surface area contributed by atoms with E-state index in [1.54, 1.807) is 0 Å². The van der Waals surface area contributed by atoms with Gasteiger partial charge in [0.25, 0.3) is 0 Å². The van der Waals surface area contributed by atoms with Gasteiger partial charge in [0, 0.05) is 0 Å². The molecule has 0 atom stereocenters. The third-order valence-electron chi connectivity index (χ3n) is 8.41. The van der Waals surface area contributed by atoms with Crippen LogP contribution in [0.3, 0.4) is 0 Å². The molecule has 0 bridgehead atoms. The molecule has 0 radical (unpaired) electrons. The number of hydrogen-bond donors (Lipinski definition) is 0. The molecule has 0 saturated heterocycles. The van der Waals surface area contributed by atoms with Gasteiger partial charge in [-0.2, -0.15) is 0 Å². The van der Waals surface area contributed by atoms with E-state index >= 15 is 0 Å². The van der Waals surface area contributed by atoms with Crippen molar-refractivity contribution in [3.8, 4) is 22.3 Å². The van der Waals surface area contributed by atoms with Crippen LogP contribution in [0.2, 0.25) is 0 Å². The van der Waals surface area contributed by atoms with Crippen molar-refractivity contribution in [2.45, 2.75) is 5.41 Å². The van der Waals surface area contributed by atoms with E-state index < -0.39 is 13.3 Å². The van der Waals surface area contributed by atoms with E-state index in [4.69, 9.17) is 0 Å². The Bertz CT molecular complexity index is 1810. The zero-order valence-electron chi connectivity index (χ0n) is 21.5. The van der Waals surface area contributed by atoms with Crippen molar-refractivity contribution in [1.82, 2.24) is 0 Å². The van der Waals surface area contributed by atoms with Gasteiger partial charge in [0.15, 0.2) is 0 Å². The second kappa shape index (κ2) is 8.81. The molecular weight excluding hydrogens is 513 g/mol. The normalized spacial score (nSPS) is 13.7. The van der Waals surface area contributed by atoms with Gasteiger partial charge in [0.1, 0.15) is 11.6 Å². The van der Waals surface area contributed by atoms with Crippen LogP contribution >= 0.6 is 7.92 Å². The lowest BCUT2D eigenvalue weighted by Gasteiger charge is -2.31. The molecule has 40 heavy (non-hydrogen) atoms. The molecule has 2 aliphatic carbocycles. The smallest absolute Gasteiger partial charge is 0.123 e. The SMILES string of the molecule is Fc1ccc(P(c2ccc(F)cc2)c2ccc3c(c2)C2(c4ccccc4-c4ccccc42)c2ccccc2-3)cc1. The summed E-state index contributed by atoms with van der Waals surface area (Å²) in [4.78, 5) is 0. The van der Waals surface area contributed by atoms with E-state index in [1.165, 1.54) is 68.8 Å². The summed E-state index contributed by atoms with van der Waals surface area (Å²) in [6.45, 7) is 0. The zero-order valence-corrected chi connectivity index (χ0v) is 22.4. The van der Waals surface area contributed by atoms with Crippen LogP contribution in [0.25, 0.3) is 22.3 Å². The van der Waals surface area contributed by atoms with Gasteiger partial charge in [0.2, 0.25) is 0 Å². The Hall–Kier alpha value is -4.39. The molecule has 0 saturated carbocycles. The van der Waals surface area contributed by atoms with Crippen molar-refractivity contribution in [1.29, 1.82) is 0 Å². The predicted octanol–water partition coefficient (Wildman–Crippen LogP) is 8.07. The third-order valence-corrected chi connectivity index (χ3v) is 10.8. The number of hydrogen-bond acceptors (Lipinski definition) is 0. The molecule has 2 aliphatic rings. The molecule has 1 spiro atoms. The molecule has 0 aromatic heterocycles. The fourth-order valence-corrected chi connectivity index (χ4v) is 9.12. The predicted molar refractivity (Wildman–Crippen MR) is 161 cm³/mol. The van der Waals surface area contributed by atoms with E-state index in [2.05, 4.69) is 91.0 Å². The molecular formula is C37H23F2P. The molecule has 0 amide bonds. The highest BCUT2D eigenvalue weighted by Gasteiger charge is 2.51. The maximum Gasteiger partial charge on any atom is 0.123 e. The van der Waals surface area contributed by atoms with Crippen LogP contribution in [-0.4, -0.2) is 0 Å². The number of fused-ring (bicyclic) bond motifs is 10. The molecule has 0 aliphatic heterocycles. The fraction of sp³-hybridized carbons (Fsp3) is 0.0270. The van der Waals surface area contributed by atoms with Gasteiger partial charge in [-0.3, -0.25) is 0 Å². The molecule has 6 aromatic rings. The van der Waals surface area contributed by atoms with Gasteiger partial charge < -0.3 is 0 Å². The molecule has 190 valence electrons. The summed E-state index contributed by atoms with van der Waals surface area (Å²) in [5.41, 5.74) is 9.76. The lowest BCUT2D eigenvalue weighted by atomic mass is 9.70. The fourth-order valence-electron chi connectivity index (χ4n) is 6.85. The maximum atomic E-state index is 14.0. The Balaban J connectivity index is 1.44. The van der Waals surface area contributed by atoms with Gasteiger partial charge in [-0.25, -0.2) is 8.78 Å². The number of rotatable bonds is 3. The van der Waals surface area contributed by atoms with Gasteiger partial charge in [0.05, 0.1) is 5.41 Å². The summed E-state index contributed by atoms with van der Waals surface area (Å²) in [7, 11) is -1.05. The van der Waals surface area contributed by atoms with E-state index in [0.29, 0.717) is 0 Å². The number of benzene rings is 6. The van der Waals surface area contributed by atoms with Gasteiger partial charge in [-0.05, 0) is 98.7 Å². The quantitative estimate of drug-likeness (QED) is 0.200. The summed E-state index contributed by atoms with van der Waals surface area (Å²) in [5.74, 6) is -0.527. The highest BCUT2D eigenvalue weighted by molar-refractivity contribution is 7.79. The van der Waals surface area contributed by atoms with Crippen LogP contribution in [0.4, 0.5) is 8.78 Å². The summed E-state index contributed by atoms with van der Waals surface area (Å²) >= 11 is 0. The second-order valence-electron chi connectivity index (χ2n) is 10.4. The standard InChI is InChI=1S/C37H23F2P/c38-24-13-17-26(18-14-24)40(27-19-15-25(39)16-20-27)28-21-22-32-31-9-3-6-12-35(31)37(36(32)23-28)33-10-4-1-7-29(33)30-8-2-5-11-34(30)37/h1-23H. The Morgan fingerprint density at radius 3 is 1.20 bits per heavy atom. The monoisotopic (exact) mass is 536 g/mol. The molecule has 8 rings (SSSR count). The van der Waals surface area contributed by atoms with Crippen LogP contribution < -0.4 is 15.9 Å². The molecule has 0 nitrogen and oxygen atoms in total. The highest BCUT2D eigenvalue weighted by Crippen LogP contribution is 2.62. The topological polar surface area (TPSA) is 0 Å². The molecule has 6 aromatic carbocycles. The lowest BCUT2D eigenvalue weighted by molar-refractivity contribution is 0.628. The molecule has 0 heterocycles. The Kier molecular flexibility index (Phi) is 5.18. The van der Waals surface area contributed by atoms with Gasteiger partial charge >= 0.3 is 0 Å². The van der Waals surface area contributed by atoms with E-state index in [9.17, 15) is 8.78 Å². The van der Waals surface area contributed by atoms with E-state index in [-0.39, 0.29) is 11.6 Å². The summed E-state index contributed by atoms with van der Waals surface area (Å²) in [5, 5.41) is 3.21. The Morgan fingerprint density at radius 2 is 0.750 bits per heavy atom. The first kappa shape index (κ1) is 23.5. The Morgan fingerprint density at radius 1 is 0.375 bits per heavy atom. The minimum atomic E-state index is -1.05. The Labute approximate surface area is 233 Å². The lowest BCUT2D eigenvalue weighted by Crippen LogP contribution is -2.28. The highest BCUT2D eigenvalue weighted by atomic mass is 31.1. The van der Waals surface area contributed by atoms with Crippen LogP contribution in [0.15, 0.2) is 140 Å². The van der Waals surface area contributed by atoms with Crippen LogP contribution in [0.1, 0.15) is 22.3 Å². The van der Waals surface area contributed by atoms with Gasteiger partial charge in [-0.15, -0.1) is 0 Å². The second-order valence-corrected chi connectivity index (χ2v) is 12.6. The maximum absolute atomic E-state index is 14.0. The molecule has 0 fully saturated rings. The van der Waals surface area contributed by atoms with Crippen LogP contribution in [0.5, 0.6) is 0 Å². The van der Waals surface area contributed by atoms with E-state index in [0.717, 1.165) is 15.9 Å². The van der Waals surface area contributed by atoms with E-state index in [1.807, 2.05) is 24.3 Å². The van der Waals surface area contributed by atoms with Crippen molar-refractivity contribution < 1.29 is 8.78 Å². The average molecular weight is 537 g/mol. The zero-order chi connectivity index (χ0) is 26.8. The number of halogens is 2. The van der Waals surface area contributed by atoms with Crippen molar-refractivity contribution in [3.05, 3.63) is 173 Å². The summed E-state index contributed by atoms with van der Waals surface area (Å²) in [6, 6.07) is 46.6. The summed E-state index contributed by atoms with van der Waals surface area (Å²) in [6.07, 6.45) is 0. The first-order chi connectivity index (χ1) is 19.7. The first-order valence-corrected chi connectivity index (χ1v) is 14.8.